The van der Waals surface area contributed by atoms with Gasteiger partial charge in [-0.1, -0.05) is 48.0 Å². The van der Waals surface area contributed by atoms with Gasteiger partial charge in [0.1, 0.15) is 0 Å². The summed E-state index contributed by atoms with van der Waals surface area (Å²) in [7, 11) is 0. The predicted octanol–water partition coefficient (Wildman–Crippen LogP) is 4.02. The van der Waals surface area contributed by atoms with Crippen molar-refractivity contribution < 1.29 is 4.79 Å². The van der Waals surface area contributed by atoms with Crippen LogP contribution in [-0.4, -0.2) is 51.7 Å². The third kappa shape index (κ3) is 4.15. The van der Waals surface area contributed by atoms with Crippen molar-refractivity contribution in [3.63, 3.8) is 0 Å². The second-order valence-electron chi connectivity index (χ2n) is 8.78. The van der Waals surface area contributed by atoms with E-state index in [0.29, 0.717) is 5.69 Å². The average Bonchev–Trinajstić information content (AvgIpc) is 3.33. The first kappa shape index (κ1) is 20.0. The van der Waals surface area contributed by atoms with Gasteiger partial charge in [0.2, 0.25) is 0 Å². The number of benzene rings is 2. The Balaban J connectivity index is 1.31. The summed E-state index contributed by atoms with van der Waals surface area (Å²) in [6, 6.07) is 19.0. The molecule has 3 aromatic rings. The fraction of sp³-hybridized carbons (Fsp3) is 0.385. The Bertz CT molecular complexity index is 1060. The van der Waals surface area contributed by atoms with E-state index in [1.165, 1.54) is 16.8 Å². The van der Waals surface area contributed by atoms with Crippen molar-refractivity contribution in [3.05, 3.63) is 82.7 Å². The summed E-state index contributed by atoms with van der Waals surface area (Å²) in [4.78, 5) is 18.0. The Morgan fingerprint density at radius 2 is 1.71 bits per heavy atom. The zero-order valence-corrected chi connectivity index (χ0v) is 18.3. The lowest BCUT2D eigenvalue weighted by Gasteiger charge is -2.22. The number of aryl methyl sites for hydroxylation is 1. The van der Waals surface area contributed by atoms with Crippen molar-refractivity contribution in [2.24, 2.45) is 0 Å². The first-order valence-electron chi connectivity index (χ1n) is 11.4. The van der Waals surface area contributed by atoms with E-state index in [0.717, 1.165) is 69.7 Å². The highest BCUT2D eigenvalue weighted by atomic mass is 16.2. The van der Waals surface area contributed by atoms with Crippen molar-refractivity contribution >= 4 is 5.91 Å². The summed E-state index contributed by atoms with van der Waals surface area (Å²) in [6.45, 7) is 6.55. The molecule has 5 nitrogen and oxygen atoms in total. The number of hydrogen-bond donors (Lipinski definition) is 0. The summed E-state index contributed by atoms with van der Waals surface area (Å²) in [5.41, 5.74) is 6.71. The Morgan fingerprint density at radius 1 is 0.903 bits per heavy atom. The van der Waals surface area contributed by atoms with Gasteiger partial charge in [-0.15, -0.1) is 0 Å². The van der Waals surface area contributed by atoms with Crippen LogP contribution in [0, 0.1) is 6.92 Å². The zero-order valence-electron chi connectivity index (χ0n) is 18.3. The molecule has 2 aliphatic rings. The minimum atomic E-state index is 0.102. The van der Waals surface area contributed by atoms with Crippen molar-refractivity contribution in [1.82, 2.24) is 19.6 Å². The van der Waals surface area contributed by atoms with Gasteiger partial charge >= 0.3 is 0 Å². The van der Waals surface area contributed by atoms with Gasteiger partial charge in [-0.05, 0) is 50.3 Å². The molecule has 1 aliphatic carbocycles. The molecule has 1 aliphatic heterocycles. The molecule has 1 fully saturated rings. The molecule has 0 N–H and O–H groups in total. The molecule has 5 heteroatoms. The summed E-state index contributed by atoms with van der Waals surface area (Å²) in [5, 5.41) is 4.81. The summed E-state index contributed by atoms with van der Waals surface area (Å²) in [6.07, 6.45) is 4.05. The molecule has 1 saturated heterocycles. The van der Waals surface area contributed by atoms with Crippen LogP contribution in [0.5, 0.6) is 0 Å². The first-order valence-corrected chi connectivity index (χ1v) is 11.4. The number of carbonyl (C=O) groups is 1. The molecule has 0 saturated carbocycles. The number of para-hydroxylation sites is 1. The SMILES string of the molecule is Cc1ccc(CN2CCCN(C(=O)c3nn(-c4ccccc4)c4c3CCC4)CC2)cc1. The van der Waals surface area contributed by atoms with Crippen molar-refractivity contribution in [1.29, 1.82) is 0 Å². The third-order valence-electron chi connectivity index (χ3n) is 6.54. The lowest BCUT2D eigenvalue weighted by Crippen LogP contribution is -2.35. The lowest BCUT2D eigenvalue weighted by atomic mass is 10.1. The largest absolute Gasteiger partial charge is 0.336 e. The average molecular weight is 415 g/mol. The van der Waals surface area contributed by atoms with Crippen molar-refractivity contribution in [3.8, 4) is 5.69 Å². The Kier molecular flexibility index (Phi) is 5.60. The molecule has 0 radical (unpaired) electrons. The summed E-state index contributed by atoms with van der Waals surface area (Å²) >= 11 is 0. The van der Waals surface area contributed by atoms with Gasteiger partial charge in [0.25, 0.3) is 5.91 Å². The van der Waals surface area contributed by atoms with Gasteiger partial charge < -0.3 is 4.90 Å². The van der Waals surface area contributed by atoms with Crippen LogP contribution >= 0.6 is 0 Å². The molecule has 1 amide bonds. The van der Waals surface area contributed by atoms with E-state index in [1.807, 2.05) is 27.8 Å². The smallest absolute Gasteiger partial charge is 0.274 e. The van der Waals surface area contributed by atoms with Crippen molar-refractivity contribution in [2.45, 2.75) is 39.2 Å². The Morgan fingerprint density at radius 3 is 2.52 bits per heavy atom. The highest BCUT2D eigenvalue weighted by Gasteiger charge is 2.30. The molecule has 0 spiro atoms. The minimum Gasteiger partial charge on any atom is -0.336 e. The monoisotopic (exact) mass is 414 g/mol. The van der Waals surface area contributed by atoms with E-state index in [4.69, 9.17) is 5.10 Å². The first-order chi connectivity index (χ1) is 15.2. The minimum absolute atomic E-state index is 0.102. The molecule has 2 heterocycles. The van der Waals surface area contributed by atoms with Gasteiger partial charge in [-0.3, -0.25) is 9.69 Å². The second kappa shape index (κ2) is 8.67. The van der Waals surface area contributed by atoms with Crippen molar-refractivity contribution in [2.75, 3.05) is 26.2 Å². The fourth-order valence-corrected chi connectivity index (χ4v) is 4.83. The molecular formula is C26H30N4O. The summed E-state index contributed by atoms with van der Waals surface area (Å²) < 4.78 is 2.00. The molecule has 160 valence electrons. The third-order valence-corrected chi connectivity index (χ3v) is 6.54. The maximum atomic E-state index is 13.5. The molecule has 0 atom stereocenters. The standard InChI is InChI=1S/C26H30N4O/c1-20-11-13-21(14-12-20)19-28-15-6-16-29(18-17-28)26(31)25-23-9-5-10-24(23)30(27-25)22-7-3-2-4-8-22/h2-4,7-8,11-14H,5-6,9-10,15-19H2,1H3. The zero-order chi connectivity index (χ0) is 21.2. The van der Waals surface area contributed by atoms with E-state index < -0.39 is 0 Å². The summed E-state index contributed by atoms with van der Waals surface area (Å²) in [5.74, 6) is 0.102. The van der Waals surface area contributed by atoms with E-state index >= 15 is 0 Å². The van der Waals surface area contributed by atoms with E-state index in [2.05, 4.69) is 48.2 Å². The van der Waals surface area contributed by atoms with Crippen LogP contribution in [0.1, 0.15) is 45.7 Å². The molecule has 31 heavy (non-hydrogen) atoms. The predicted molar refractivity (Wildman–Crippen MR) is 123 cm³/mol. The maximum absolute atomic E-state index is 13.5. The molecule has 5 rings (SSSR count). The second-order valence-corrected chi connectivity index (χ2v) is 8.78. The number of fused-ring (bicyclic) bond motifs is 1. The number of hydrogen-bond acceptors (Lipinski definition) is 3. The topological polar surface area (TPSA) is 41.4 Å². The Hall–Kier alpha value is -2.92. The number of amides is 1. The lowest BCUT2D eigenvalue weighted by molar-refractivity contribution is 0.0753. The molecule has 2 aromatic carbocycles. The molecule has 1 aromatic heterocycles. The highest BCUT2D eigenvalue weighted by Crippen LogP contribution is 2.28. The van der Waals surface area contributed by atoms with Crippen LogP contribution in [-0.2, 0) is 19.4 Å². The molecular weight excluding hydrogens is 384 g/mol. The van der Waals surface area contributed by atoms with Crippen LogP contribution in [0.3, 0.4) is 0 Å². The number of carbonyl (C=O) groups excluding carboxylic acids is 1. The number of rotatable bonds is 4. The van der Waals surface area contributed by atoms with Crippen LogP contribution in [0.4, 0.5) is 0 Å². The maximum Gasteiger partial charge on any atom is 0.274 e. The van der Waals surface area contributed by atoms with Gasteiger partial charge in [-0.2, -0.15) is 5.10 Å². The van der Waals surface area contributed by atoms with E-state index in [9.17, 15) is 4.79 Å². The van der Waals surface area contributed by atoms with Gasteiger partial charge in [0.15, 0.2) is 5.69 Å². The molecule has 0 unspecified atom stereocenters. The van der Waals surface area contributed by atoms with Crippen LogP contribution < -0.4 is 0 Å². The molecule has 0 bridgehead atoms. The normalized spacial score (nSPS) is 16.9. The quantitative estimate of drug-likeness (QED) is 0.648. The van der Waals surface area contributed by atoms with E-state index in [1.54, 1.807) is 0 Å². The fourth-order valence-electron chi connectivity index (χ4n) is 4.83. The highest BCUT2D eigenvalue weighted by molar-refractivity contribution is 5.94. The van der Waals surface area contributed by atoms with Gasteiger partial charge in [0.05, 0.1) is 5.69 Å². The number of nitrogens with zero attached hydrogens (tertiary/aromatic N) is 4. The van der Waals surface area contributed by atoms with Crippen LogP contribution in [0.15, 0.2) is 54.6 Å². The van der Waals surface area contributed by atoms with E-state index in [-0.39, 0.29) is 5.91 Å². The van der Waals surface area contributed by atoms with Gasteiger partial charge in [-0.25, -0.2) is 4.68 Å². The Labute approximate surface area is 184 Å². The van der Waals surface area contributed by atoms with Gasteiger partial charge in [0, 0.05) is 44.0 Å². The van der Waals surface area contributed by atoms with Crippen LogP contribution in [0.25, 0.3) is 5.69 Å². The van der Waals surface area contributed by atoms with Crippen LogP contribution in [0.2, 0.25) is 0 Å². The number of aromatic nitrogens is 2.